The first-order valence-electron chi connectivity index (χ1n) is 5.48. The molecule has 2 rings (SSSR count). The Balaban J connectivity index is 1.87. The molecule has 1 N–H and O–H groups in total. The van der Waals surface area contributed by atoms with Crippen molar-refractivity contribution in [3.8, 4) is 0 Å². The van der Waals surface area contributed by atoms with E-state index < -0.39 is 0 Å². The van der Waals surface area contributed by atoms with E-state index in [0.29, 0.717) is 6.61 Å². The van der Waals surface area contributed by atoms with Gasteiger partial charge in [0.1, 0.15) is 0 Å². The summed E-state index contributed by atoms with van der Waals surface area (Å²) in [4.78, 5) is 3.79. The van der Waals surface area contributed by atoms with E-state index in [1.165, 1.54) is 23.3 Å². The van der Waals surface area contributed by atoms with Crippen LogP contribution in [0.1, 0.15) is 23.3 Å². The number of aryl methyl sites for hydroxylation is 1. The molecule has 0 aromatic carbocycles. The molecule has 0 bridgehead atoms. The molecule has 0 amide bonds. The van der Waals surface area contributed by atoms with Gasteiger partial charge in [-0.3, -0.25) is 0 Å². The van der Waals surface area contributed by atoms with Crippen LogP contribution in [0.3, 0.4) is 0 Å². The van der Waals surface area contributed by atoms with Crippen LogP contribution < -0.4 is 0 Å². The van der Waals surface area contributed by atoms with Crippen molar-refractivity contribution in [3.63, 3.8) is 0 Å². The summed E-state index contributed by atoms with van der Waals surface area (Å²) in [6.07, 6.45) is 2.38. The van der Waals surface area contributed by atoms with Gasteiger partial charge in [0.2, 0.25) is 0 Å². The van der Waals surface area contributed by atoms with Gasteiger partial charge in [0, 0.05) is 30.0 Å². The molecule has 15 heavy (non-hydrogen) atoms. The lowest BCUT2D eigenvalue weighted by molar-refractivity contribution is 0.161. The Bertz CT molecular complexity index is 330. The molecule has 1 heterocycles. The van der Waals surface area contributed by atoms with E-state index in [0.717, 1.165) is 13.1 Å². The first-order chi connectivity index (χ1) is 7.15. The number of hydrogen-bond acceptors (Lipinski definition) is 3. The fraction of sp³-hybridized carbons (Fsp3) is 0.667. The van der Waals surface area contributed by atoms with Gasteiger partial charge in [0.05, 0.1) is 0 Å². The highest BCUT2D eigenvalue weighted by Gasteiger charge is 2.42. The van der Waals surface area contributed by atoms with Gasteiger partial charge in [-0.25, -0.2) is 0 Å². The molecule has 1 aliphatic carbocycles. The predicted octanol–water partition coefficient (Wildman–Crippen LogP) is 2.26. The normalized spacial score (nSPS) is 18.4. The molecule has 1 aliphatic rings. The average Bonchev–Trinajstić information content (AvgIpc) is 2.86. The summed E-state index contributed by atoms with van der Waals surface area (Å²) in [7, 11) is 2.15. The second-order valence-corrected chi connectivity index (χ2v) is 5.86. The summed E-state index contributed by atoms with van der Waals surface area (Å²) in [6, 6.07) is 2.17. The minimum Gasteiger partial charge on any atom is -0.396 e. The van der Waals surface area contributed by atoms with Crippen LogP contribution in [0.2, 0.25) is 0 Å². The molecule has 0 radical (unpaired) electrons. The van der Waals surface area contributed by atoms with Crippen molar-refractivity contribution in [2.75, 3.05) is 20.2 Å². The molecule has 0 aliphatic heterocycles. The molecule has 1 saturated carbocycles. The van der Waals surface area contributed by atoms with E-state index >= 15 is 0 Å². The van der Waals surface area contributed by atoms with E-state index in [-0.39, 0.29) is 5.41 Å². The van der Waals surface area contributed by atoms with E-state index in [4.69, 9.17) is 0 Å². The Morgan fingerprint density at radius 2 is 2.27 bits per heavy atom. The number of aliphatic hydroxyl groups excluding tert-OH is 1. The van der Waals surface area contributed by atoms with Gasteiger partial charge in [0.15, 0.2) is 0 Å². The van der Waals surface area contributed by atoms with Crippen molar-refractivity contribution < 1.29 is 5.11 Å². The number of nitrogens with zero attached hydrogens (tertiary/aromatic N) is 1. The fourth-order valence-corrected chi connectivity index (χ4v) is 2.97. The lowest BCUT2D eigenvalue weighted by Gasteiger charge is -2.21. The summed E-state index contributed by atoms with van der Waals surface area (Å²) in [5.74, 6) is 0. The quantitative estimate of drug-likeness (QED) is 0.831. The summed E-state index contributed by atoms with van der Waals surface area (Å²) >= 11 is 1.83. The van der Waals surface area contributed by atoms with Crippen LogP contribution >= 0.6 is 11.3 Å². The van der Waals surface area contributed by atoms with Crippen LogP contribution in [0.4, 0.5) is 0 Å². The molecule has 1 fully saturated rings. The van der Waals surface area contributed by atoms with Crippen molar-refractivity contribution in [2.24, 2.45) is 5.41 Å². The maximum Gasteiger partial charge on any atom is 0.0499 e. The Kier molecular flexibility index (Phi) is 3.14. The van der Waals surface area contributed by atoms with Crippen LogP contribution in [0.15, 0.2) is 11.4 Å². The highest BCUT2D eigenvalue weighted by Crippen LogP contribution is 2.45. The van der Waals surface area contributed by atoms with Crippen LogP contribution in [0.5, 0.6) is 0 Å². The first-order valence-corrected chi connectivity index (χ1v) is 6.36. The maximum absolute atomic E-state index is 9.26. The maximum atomic E-state index is 9.26. The Morgan fingerprint density at radius 3 is 2.73 bits per heavy atom. The third-order valence-electron chi connectivity index (χ3n) is 3.28. The van der Waals surface area contributed by atoms with Crippen molar-refractivity contribution in [1.82, 2.24) is 4.90 Å². The molecule has 2 nitrogen and oxygen atoms in total. The highest BCUT2D eigenvalue weighted by atomic mass is 32.1. The van der Waals surface area contributed by atoms with E-state index in [9.17, 15) is 5.11 Å². The Hall–Kier alpha value is -0.380. The molecule has 1 aromatic rings. The SMILES string of the molecule is Cc1ccsc1CN(C)CC1(CO)CC1. The largest absolute Gasteiger partial charge is 0.396 e. The van der Waals surface area contributed by atoms with Gasteiger partial charge in [-0.2, -0.15) is 0 Å². The minimum absolute atomic E-state index is 0.236. The zero-order chi connectivity index (χ0) is 10.9. The number of thiophene rings is 1. The Morgan fingerprint density at radius 1 is 1.53 bits per heavy atom. The van der Waals surface area contributed by atoms with Crippen LogP contribution in [-0.4, -0.2) is 30.2 Å². The van der Waals surface area contributed by atoms with Gasteiger partial charge in [-0.15, -0.1) is 11.3 Å². The second kappa shape index (κ2) is 4.24. The van der Waals surface area contributed by atoms with Crippen molar-refractivity contribution >= 4 is 11.3 Å². The molecule has 0 atom stereocenters. The predicted molar refractivity (Wildman–Crippen MR) is 64.1 cm³/mol. The van der Waals surface area contributed by atoms with Gasteiger partial charge >= 0.3 is 0 Å². The summed E-state index contributed by atoms with van der Waals surface area (Å²) in [5, 5.41) is 11.4. The lowest BCUT2D eigenvalue weighted by atomic mass is 10.1. The number of hydrogen-bond donors (Lipinski definition) is 1. The zero-order valence-electron chi connectivity index (χ0n) is 9.49. The molecular formula is C12H19NOS. The van der Waals surface area contributed by atoms with Gasteiger partial charge < -0.3 is 10.0 Å². The number of aliphatic hydroxyl groups is 1. The zero-order valence-corrected chi connectivity index (χ0v) is 10.3. The number of rotatable bonds is 5. The summed E-state index contributed by atoms with van der Waals surface area (Å²) in [5.41, 5.74) is 1.63. The Labute approximate surface area is 95.5 Å². The van der Waals surface area contributed by atoms with E-state index in [2.05, 4.69) is 30.3 Å². The van der Waals surface area contributed by atoms with E-state index in [1.54, 1.807) is 0 Å². The van der Waals surface area contributed by atoms with Crippen LogP contribution in [-0.2, 0) is 6.54 Å². The van der Waals surface area contributed by atoms with Crippen molar-refractivity contribution in [3.05, 3.63) is 21.9 Å². The average molecular weight is 225 g/mol. The molecule has 0 unspecified atom stereocenters. The lowest BCUT2D eigenvalue weighted by Crippen LogP contribution is -2.28. The standard InChI is InChI=1S/C12H19NOS/c1-10-3-6-15-11(10)7-13(2)8-12(9-14)4-5-12/h3,6,14H,4-5,7-9H2,1-2H3. The monoisotopic (exact) mass is 225 g/mol. The minimum atomic E-state index is 0.236. The van der Waals surface area contributed by atoms with Gasteiger partial charge in [-0.1, -0.05) is 0 Å². The third kappa shape index (κ3) is 2.60. The highest BCUT2D eigenvalue weighted by molar-refractivity contribution is 7.10. The molecule has 0 spiro atoms. The van der Waals surface area contributed by atoms with Gasteiger partial charge in [0.25, 0.3) is 0 Å². The fourth-order valence-electron chi connectivity index (χ4n) is 1.98. The molecule has 3 heteroatoms. The third-order valence-corrected chi connectivity index (χ3v) is 4.29. The smallest absolute Gasteiger partial charge is 0.0499 e. The molecule has 1 aromatic heterocycles. The van der Waals surface area contributed by atoms with Crippen LogP contribution in [0.25, 0.3) is 0 Å². The van der Waals surface area contributed by atoms with Crippen molar-refractivity contribution in [1.29, 1.82) is 0 Å². The first kappa shape index (κ1) is 11.1. The summed E-state index contributed by atoms with van der Waals surface area (Å²) in [6.45, 7) is 4.56. The summed E-state index contributed by atoms with van der Waals surface area (Å²) < 4.78 is 0. The van der Waals surface area contributed by atoms with E-state index in [1.807, 2.05) is 11.3 Å². The van der Waals surface area contributed by atoms with Crippen molar-refractivity contribution in [2.45, 2.75) is 26.3 Å². The molecule has 84 valence electrons. The second-order valence-electron chi connectivity index (χ2n) is 4.86. The molecule has 0 saturated heterocycles. The topological polar surface area (TPSA) is 23.5 Å². The van der Waals surface area contributed by atoms with Crippen LogP contribution in [0, 0.1) is 12.3 Å². The molecular weight excluding hydrogens is 206 g/mol. The van der Waals surface area contributed by atoms with Gasteiger partial charge in [-0.05, 0) is 43.8 Å².